The molecule has 3 heteroatoms. The second kappa shape index (κ2) is 4.97. The second-order valence-electron chi connectivity index (χ2n) is 5.22. The minimum atomic E-state index is 0.263. The van der Waals surface area contributed by atoms with Crippen LogP contribution in [0.15, 0.2) is 60.7 Å². The van der Waals surface area contributed by atoms with Crippen LogP contribution in [-0.2, 0) is 0 Å². The number of benzene rings is 2. The van der Waals surface area contributed by atoms with Crippen molar-refractivity contribution in [2.75, 3.05) is 0 Å². The van der Waals surface area contributed by atoms with E-state index in [2.05, 4.69) is 58.5 Å². The Hall–Kier alpha value is -2.19. The van der Waals surface area contributed by atoms with Crippen LogP contribution < -0.4 is 0 Å². The van der Waals surface area contributed by atoms with Crippen LogP contribution in [0, 0.1) is 0 Å². The van der Waals surface area contributed by atoms with E-state index in [9.17, 15) is 0 Å². The Balaban J connectivity index is 2.05. The molecule has 0 fully saturated rings. The molecule has 2 aromatic carbocycles. The number of halogens is 1. The summed E-state index contributed by atoms with van der Waals surface area (Å²) in [6.07, 6.45) is 9.42. The summed E-state index contributed by atoms with van der Waals surface area (Å²) >= 11 is 6.18. The van der Waals surface area contributed by atoms with E-state index in [1.807, 2.05) is 12.1 Å². The van der Waals surface area contributed by atoms with Crippen molar-refractivity contribution in [1.82, 2.24) is 9.97 Å². The van der Waals surface area contributed by atoms with E-state index < -0.39 is 0 Å². The maximum Gasteiger partial charge on any atom is 0.223 e. The molecule has 0 bridgehead atoms. The fourth-order valence-corrected chi connectivity index (χ4v) is 3.10. The second-order valence-corrected chi connectivity index (χ2v) is 5.55. The van der Waals surface area contributed by atoms with Gasteiger partial charge in [-0.25, -0.2) is 9.97 Å². The Kier molecular flexibility index (Phi) is 2.97. The van der Waals surface area contributed by atoms with E-state index >= 15 is 0 Å². The van der Waals surface area contributed by atoms with Crippen LogP contribution in [0.25, 0.3) is 21.7 Å². The molecule has 4 rings (SSSR count). The van der Waals surface area contributed by atoms with Crippen molar-refractivity contribution in [2.24, 2.45) is 0 Å². The highest BCUT2D eigenvalue weighted by Crippen LogP contribution is 2.33. The molecule has 0 saturated heterocycles. The molecule has 3 aromatic rings. The van der Waals surface area contributed by atoms with Gasteiger partial charge in [-0.15, -0.1) is 0 Å². The average molecular weight is 293 g/mol. The molecule has 1 aliphatic rings. The maximum atomic E-state index is 6.18. The van der Waals surface area contributed by atoms with Gasteiger partial charge in [0.1, 0.15) is 0 Å². The van der Waals surface area contributed by atoms with Crippen molar-refractivity contribution < 1.29 is 0 Å². The quantitative estimate of drug-likeness (QED) is 0.464. The molecule has 2 nitrogen and oxygen atoms in total. The highest BCUT2D eigenvalue weighted by atomic mass is 35.5. The SMILES string of the molecule is Clc1nc(C2C=CC=CC2)c2ccc3ccccc3c2n1. The first-order chi connectivity index (χ1) is 10.3. The van der Waals surface area contributed by atoms with Gasteiger partial charge in [0.25, 0.3) is 0 Å². The molecule has 0 spiro atoms. The molecule has 0 aliphatic heterocycles. The monoisotopic (exact) mass is 292 g/mol. The summed E-state index contributed by atoms with van der Waals surface area (Å²) in [5.41, 5.74) is 1.95. The van der Waals surface area contributed by atoms with Gasteiger partial charge in [-0.3, -0.25) is 0 Å². The molecule has 21 heavy (non-hydrogen) atoms. The topological polar surface area (TPSA) is 25.8 Å². The van der Waals surface area contributed by atoms with Gasteiger partial charge in [-0.05, 0) is 23.4 Å². The number of hydrogen-bond donors (Lipinski definition) is 0. The highest BCUT2D eigenvalue weighted by Gasteiger charge is 2.16. The number of allylic oxidation sites excluding steroid dienone is 4. The Morgan fingerprint density at radius 2 is 1.86 bits per heavy atom. The standard InChI is InChI=1S/C18H13ClN2/c19-18-20-16(13-7-2-1-3-8-13)15-11-10-12-6-4-5-9-14(12)17(15)21-18/h1-7,9-11,13H,8H2. The molecule has 1 atom stereocenters. The lowest BCUT2D eigenvalue weighted by Gasteiger charge is -2.15. The molecule has 0 radical (unpaired) electrons. The van der Waals surface area contributed by atoms with Gasteiger partial charge < -0.3 is 0 Å². The molecular weight excluding hydrogens is 280 g/mol. The van der Waals surface area contributed by atoms with E-state index in [1.165, 1.54) is 5.39 Å². The third-order valence-electron chi connectivity index (χ3n) is 3.93. The summed E-state index contributed by atoms with van der Waals surface area (Å²) in [7, 11) is 0. The van der Waals surface area contributed by atoms with Crippen LogP contribution in [0.1, 0.15) is 18.0 Å². The molecule has 102 valence electrons. The zero-order valence-corrected chi connectivity index (χ0v) is 12.1. The van der Waals surface area contributed by atoms with Gasteiger partial charge in [0.05, 0.1) is 11.2 Å². The molecule has 1 aromatic heterocycles. The minimum absolute atomic E-state index is 0.263. The van der Waals surface area contributed by atoms with Gasteiger partial charge in [-0.1, -0.05) is 60.7 Å². The lowest BCUT2D eigenvalue weighted by atomic mass is 9.93. The predicted molar refractivity (Wildman–Crippen MR) is 87.7 cm³/mol. The number of hydrogen-bond acceptors (Lipinski definition) is 2. The Bertz CT molecular complexity index is 896. The average Bonchev–Trinajstić information content (AvgIpc) is 2.55. The van der Waals surface area contributed by atoms with E-state index in [4.69, 9.17) is 11.6 Å². The Morgan fingerprint density at radius 3 is 2.71 bits per heavy atom. The Morgan fingerprint density at radius 1 is 0.952 bits per heavy atom. The zero-order valence-electron chi connectivity index (χ0n) is 11.3. The van der Waals surface area contributed by atoms with Crippen LogP contribution in [0.4, 0.5) is 0 Å². The fraction of sp³-hybridized carbons (Fsp3) is 0.111. The lowest BCUT2D eigenvalue weighted by molar-refractivity contribution is 0.821. The minimum Gasteiger partial charge on any atom is -0.222 e. The summed E-state index contributed by atoms with van der Waals surface area (Å²) in [6, 6.07) is 12.5. The molecule has 1 aliphatic carbocycles. The van der Waals surface area contributed by atoms with E-state index in [-0.39, 0.29) is 5.92 Å². The summed E-state index contributed by atoms with van der Waals surface area (Å²) in [5, 5.41) is 3.69. The fourth-order valence-electron chi connectivity index (χ4n) is 2.93. The number of aromatic nitrogens is 2. The number of fused-ring (bicyclic) bond motifs is 3. The van der Waals surface area contributed by atoms with Crippen LogP contribution in [0.5, 0.6) is 0 Å². The van der Waals surface area contributed by atoms with Crippen molar-refractivity contribution in [3.8, 4) is 0 Å². The van der Waals surface area contributed by atoms with E-state index in [0.717, 1.165) is 28.4 Å². The summed E-state index contributed by atoms with van der Waals surface area (Å²) < 4.78 is 0. The van der Waals surface area contributed by atoms with Gasteiger partial charge in [0.15, 0.2) is 0 Å². The smallest absolute Gasteiger partial charge is 0.222 e. The summed E-state index contributed by atoms with van der Waals surface area (Å²) in [6.45, 7) is 0. The first kappa shape index (κ1) is 12.5. The van der Waals surface area contributed by atoms with E-state index in [1.54, 1.807) is 0 Å². The Labute approximate surface area is 127 Å². The van der Waals surface area contributed by atoms with Crippen molar-refractivity contribution in [3.05, 3.63) is 71.7 Å². The third-order valence-corrected chi connectivity index (χ3v) is 4.09. The highest BCUT2D eigenvalue weighted by molar-refractivity contribution is 6.29. The van der Waals surface area contributed by atoms with Crippen LogP contribution in [-0.4, -0.2) is 9.97 Å². The normalized spacial score (nSPS) is 17.7. The van der Waals surface area contributed by atoms with Gasteiger partial charge in [-0.2, -0.15) is 0 Å². The largest absolute Gasteiger partial charge is 0.223 e. The third kappa shape index (κ3) is 2.12. The van der Waals surface area contributed by atoms with Crippen molar-refractivity contribution >= 4 is 33.3 Å². The summed E-state index contributed by atoms with van der Waals surface area (Å²) in [4.78, 5) is 8.97. The van der Waals surface area contributed by atoms with Crippen LogP contribution in [0.3, 0.4) is 0 Å². The zero-order chi connectivity index (χ0) is 14.2. The van der Waals surface area contributed by atoms with Gasteiger partial charge >= 0.3 is 0 Å². The van der Waals surface area contributed by atoms with E-state index in [0.29, 0.717) is 5.28 Å². The number of rotatable bonds is 1. The first-order valence-corrected chi connectivity index (χ1v) is 7.39. The predicted octanol–water partition coefficient (Wildman–Crippen LogP) is 5.04. The van der Waals surface area contributed by atoms with Crippen molar-refractivity contribution in [1.29, 1.82) is 0 Å². The van der Waals surface area contributed by atoms with Crippen molar-refractivity contribution in [3.63, 3.8) is 0 Å². The van der Waals surface area contributed by atoms with Crippen LogP contribution >= 0.6 is 11.6 Å². The molecule has 0 N–H and O–H groups in total. The maximum absolute atomic E-state index is 6.18. The van der Waals surface area contributed by atoms with Crippen molar-refractivity contribution in [2.45, 2.75) is 12.3 Å². The molecule has 1 unspecified atom stereocenters. The molecule has 0 saturated carbocycles. The molecule has 1 heterocycles. The first-order valence-electron chi connectivity index (χ1n) is 7.01. The molecule has 0 amide bonds. The molecular formula is C18H13ClN2. The van der Waals surface area contributed by atoms with Gasteiger partial charge in [0.2, 0.25) is 5.28 Å². The lowest BCUT2D eigenvalue weighted by Crippen LogP contribution is -2.03. The van der Waals surface area contributed by atoms with Crippen LogP contribution in [0.2, 0.25) is 5.28 Å². The number of nitrogens with zero attached hydrogens (tertiary/aromatic N) is 2. The van der Waals surface area contributed by atoms with Gasteiger partial charge in [0, 0.05) is 16.7 Å². The summed E-state index contributed by atoms with van der Waals surface area (Å²) in [5.74, 6) is 0.263.